The molecule has 1 nitrogen and oxygen atoms in total. The molecular weight excluding hydrogens is 325 g/mol. The van der Waals surface area contributed by atoms with E-state index in [0.29, 0.717) is 0 Å². The first-order valence-electron chi connectivity index (χ1n) is 3.79. The first kappa shape index (κ1) is 10.9. The van der Waals surface area contributed by atoms with Crippen LogP contribution in [0.2, 0.25) is 13.1 Å². The Morgan fingerprint density at radius 2 is 2.00 bits per heavy atom. The smallest absolute Gasteiger partial charge is 0.551 e. The minimum absolute atomic E-state index is 0. The Balaban J connectivity index is 0.000000810. The fourth-order valence-electron chi connectivity index (χ4n) is 1.13. The van der Waals surface area contributed by atoms with Crippen LogP contribution >= 0.6 is 0 Å². The number of hydrogen-bond donors (Lipinski definition) is 0. The second-order valence-electron chi connectivity index (χ2n) is 2.93. The van der Waals surface area contributed by atoms with E-state index in [1.807, 2.05) is 0 Å². The molecule has 0 aromatic rings. The molecular formula is C7H15AuOSi. The van der Waals surface area contributed by atoms with E-state index < -0.39 is 8.80 Å². The van der Waals surface area contributed by atoms with Gasteiger partial charge in [-0.1, -0.05) is 28.3 Å². The second-order valence-corrected chi connectivity index (χ2v) is 5.88. The molecule has 0 aromatic heterocycles. The maximum Gasteiger partial charge on any atom is 1.00 e. The van der Waals surface area contributed by atoms with Crippen LogP contribution in [0.25, 0.3) is 0 Å². The average molecular weight is 340 g/mol. The normalized spacial score (nSPS) is 20.7. The van der Waals surface area contributed by atoms with E-state index in [0.717, 1.165) is 6.61 Å². The van der Waals surface area contributed by atoms with Crippen molar-refractivity contribution in [2.24, 2.45) is 0 Å². The third kappa shape index (κ3) is 3.35. The molecule has 0 aliphatic carbocycles. The van der Waals surface area contributed by atoms with Gasteiger partial charge in [0.25, 0.3) is 0 Å². The van der Waals surface area contributed by atoms with Gasteiger partial charge in [-0.2, -0.15) is 12.1 Å². The van der Waals surface area contributed by atoms with E-state index in [-0.39, 0.29) is 22.4 Å². The summed E-state index contributed by atoms with van der Waals surface area (Å²) in [4.78, 5) is 0. The third-order valence-electron chi connectivity index (χ3n) is 1.75. The summed E-state index contributed by atoms with van der Waals surface area (Å²) in [6.45, 7) is 5.65. The van der Waals surface area contributed by atoms with Crippen LogP contribution in [0.5, 0.6) is 0 Å². The summed E-state index contributed by atoms with van der Waals surface area (Å²) in [7, 11) is -0.557. The van der Waals surface area contributed by atoms with Gasteiger partial charge in [-0.05, 0) is 6.42 Å². The van der Waals surface area contributed by atoms with Crippen LogP contribution in [0.3, 0.4) is 0 Å². The zero-order chi connectivity index (χ0) is 6.69. The Hall–Kier alpha value is 0.917. The molecule has 1 saturated heterocycles. The summed E-state index contributed by atoms with van der Waals surface area (Å²) in [5, 5.41) is 0. The molecule has 1 rings (SSSR count). The molecule has 0 atom stereocenters. The van der Waals surface area contributed by atoms with Crippen molar-refractivity contribution >= 4 is 8.80 Å². The summed E-state index contributed by atoms with van der Waals surface area (Å²) in [6, 6.07) is 0. The van der Waals surface area contributed by atoms with Crippen LogP contribution in [0.15, 0.2) is 0 Å². The molecule has 3 heteroatoms. The van der Waals surface area contributed by atoms with Crippen molar-refractivity contribution in [3.63, 3.8) is 0 Å². The van der Waals surface area contributed by atoms with Gasteiger partial charge < -0.3 is 4.74 Å². The first-order valence-corrected chi connectivity index (χ1v) is 6.68. The first-order chi connectivity index (χ1) is 4.30. The average Bonchev–Trinajstić information content (AvgIpc) is 1.90. The summed E-state index contributed by atoms with van der Waals surface area (Å²) in [5.41, 5.74) is 1.45. The number of hydrogen-bond acceptors (Lipinski definition) is 1. The van der Waals surface area contributed by atoms with Crippen molar-refractivity contribution in [3.8, 4) is 0 Å². The molecule has 10 heavy (non-hydrogen) atoms. The van der Waals surface area contributed by atoms with Crippen LogP contribution in [-0.2, 0) is 27.1 Å². The molecule has 1 aliphatic heterocycles. The molecule has 0 spiro atoms. The quantitative estimate of drug-likeness (QED) is 0.522. The van der Waals surface area contributed by atoms with Crippen LogP contribution in [0.4, 0.5) is 0 Å². The molecule has 0 amide bonds. The predicted octanol–water partition coefficient (Wildman–Crippen LogP) is 1.74. The van der Waals surface area contributed by atoms with Crippen molar-refractivity contribution in [3.05, 3.63) is 5.73 Å². The fourth-order valence-corrected chi connectivity index (χ4v) is 2.36. The van der Waals surface area contributed by atoms with Gasteiger partial charge in [-0.3, -0.25) is 0 Å². The van der Waals surface area contributed by atoms with Gasteiger partial charge in [-0.15, -0.1) is 0 Å². The van der Waals surface area contributed by atoms with Crippen LogP contribution in [0, 0.1) is 5.73 Å². The Morgan fingerprint density at radius 3 is 2.30 bits per heavy atom. The molecule has 64 valence electrons. The molecule has 0 N–H and O–H groups in total. The van der Waals surface area contributed by atoms with Crippen molar-refractivity contribution < 1.29 is 27.1 Å². The van der Waals surface area contributed by atoms with E-state index in [9.17, 15) is 0 Å². The van der Waals surface area contributed by atoms with Gasteiger partial charge in [0.15, 0.2) is 0 Å². The van der Waals surface area contributed by atoms with Gasteiger partial charge in [0.05, 0.1) is 0 Å². The molecule has 0 saturated carbocycles. The summed E-state index contributed by atoms with van der Waals surface area (Å²) >= 11 is 0. The summed E-state index contributed by atoms with van der Waals surface area (Å²) in [6.07, 6.45) is 3.88. The molecule has 0 unspecified atom stereocenters. The van der Waals surface area contributed by atoms with Crippen LogP contribution in [-0.4, -0.2) is 15.4 Å². The SMILES string of the molecule is C[SiH](C)[C-]1CCCCO1.[Au+]. The zero-order valence-corrected chi connectivity index (χ0v) is 9.94. The minimum atomic E-state index is -0.557. The fraction of sp³-hybridized carbons (Fsp3) is 0.857. The molecule has 1 fully saturated rings. The molecule has 0 aromatic carbocycles. The summed E-state index contributed by atoms with van der Waals surface area (Å²) in [5.74, 6) is 0. The van der Waals surface area contributed by atoms with E-state index in [2.05, 4.69) is 13.1 Å². The third-order valence-corrected chi connectivity index (χ3v) is 3.49. The van der Waals surface area contributed by atoms with Crippen LogP contribution in [0.1, 0.15) is 19.3 Å². The standard InChI is InChI=1S/C7H15OSi.Au/c1-9(2)7-5-3-4-6-8-7;/h9H,3-6H2,1-2H3;/q-1;+1. The molecule has 1 heterocycles. The van der Waals surface area contributed by atoms with Crippen molar-refractivity contribution in [1.82, 2.24) is 0 Å². The Labute approximate surface area is 80.6 Å². The van der Waals surface area contributed by atoms with E-state index in [4.69, 9.17) is 4.74 Å². The Bertz CT molecular complexity index is 81.7. The largest absolute Gasteiger partial charge is 1.00 e. The second kappa shape index (κ2) is 5.55. The van der Waals surface area contributed by atoms with Crippen LogP contribution < -0.4 is 0 Å². The van der Waals surface area contributed by atoms with Gasteiger partial charge in [0.2, 0.25) is 0 Å². The van der Waals surface area contributed by atoms with E-state index in [1.165, 1.54) is 25.0 Å². The maximum absolute atomic E-state index is 5.52. The Morgan fingerprint density at radius 1 is 1.30 bits per heavy atom. The minimum Gasteiger partial charge on any atom is -0.551 e. The molecule has 1 aliphatic rings. The van der Waals surface area contributed by atoms with Gasteiger partial charge in [0, 0.05) is 6.61 Å². The number of ether oxygens (including phenoxy) is 1. The van der Waals surface area contributed by atoms with Crippen molar-refractivity contribution in [2.45, 2.75) is 32.4 Å². The van der Waals surface area contributed by atoms with E-state index >= 15 is 0 Å². The number of rotatable bonds is 1. The van der Waals surface area contributed by atoms with E-state index in [1.54, 1.807) is 0 Å². The van der Waals surface area contributed by atoms with Gasteiger partial charge >= 0.3 is 22.4 Å². The van der Waals surface area contributed by atoms with Gasteiger partial charge in [0.1, 0.15) is 0 Å². The van der Waals surface area contributed by atoms with Crippen molar-refractivity contribution in [2.75, 3.05) is 6.61 Å². The molecule has 0 bridgehead atoms. The summed E-state index contributed by atoms with van der Waals surface area (Å²) < 4.78 is 5.52. The predicted molar refractivity (Wildman–Crippen MR) is 41.9 cm³/mol. The topological polar surface area (TPSA) is 9.23 Å². The monoisotopic (exact) mass is 340 g/mol. The Kier molecular flexibility index (Phi) is 6.06. The molecule has 0 radical (unpaired) electrons. The van der Waals surface area contributed by atoms with Crippen molar-refractivity contribution in [1.29, 1.82) is 0 Å². The van der Waals surface area contributed by atoms with Gasteiger partial charge in [-0.25, -0.2) is 0 Å². The maximum atomic E-state index is 5.52. The zero-order valence-electron chi connectivity index (χ0n) is 6.62.